The third-order valence-electron chi connectivity index (χ3n) is 5.34. The second kappa shape index (κ2) is 8.48. The molecule has 164 valence electrons. The summed E-state index contributed by atoms with van der Waals surface area (Å²) in [5.74, 6) is -1.11. The van der Waals surface area contributed by atoms with E-state index in [0.717, 1.165) is 0 Å². The van der Waals surface area contributed by atoms with Crippen LogP contribution in [0.25, 0.3) is 22.4 Å². The molecule has 5 rings (SSSR count). The molecule has 3 heterocycles. The number of anilines is 1. The van der Waals surface area contributed by atoms with Gasteiger partial charge in [-0.15, -0.1) is 0 Å². The van der Waals surface area contributed by atoms with Crippen LogP contribution in [0.4, 0.5) is 10.2 Å². The Morgan fingerprint density at radius 2 is 1.73 bits per heavy atom. The van der Waals surface area contributed by atoms with Gasteiger partial charge in [0, 0.05) is 17.3 Å². The van der Waals surface area contributed by atoms with Gasteiger partial charge < -0.3 is 0 Å². The summed E-state index contributed by atoms with van der Waals surface area (Å²) in [7, 11) is 0. The first-order valence-corrected chi connectivity index (χ1v) is 10.6. The Labute approximate surface area is 193 Å². The molecule has 0 spiro atoms. The quantitative estimate of drug-likeness (QED) is 0.276. The van der Waals surface area contributed by atoms with E-state index in [1.165, 1.54) is 17.1 Å². The second-order valence-electron chi connectivity index (χ2n) is 7.43. The van der Waals surface area contributed by atoms with Crippen LogP contribution in [0.5, 0.6) is 0 Å². The molecule has 1 amide bonds. The first-order chi connectivity index (χ1) is 16.0. The SMILES string of the molecule is O=C(C(=O)N1CCn2nc(-c3ccc(F)cc3)c(-c3ccnc(Cl)c3)c2N1)c1ccccc1. The molecule has 4 aromatic rings. The third-order valence-corrected chi connectivity index (χ3v) is 5.54. The van der Waals surface area contributed by atoms with Crippen molar-refractivity contribution in [2.45, 2.75) is 6.54 Å². The van der Waals surface area contributed by atoms with Crippen molar-refractivity contribution in [3.63, 3.8) is 0 Å². The minimum atomic E-state index is -0.671. The van der Waals surface area contributed by atoms with Crippen molar-refractivity contribution < 1.29 is 14.0 Å². The number of hydrazine groups is 1. The van der Waals surface area contributed by atoms with Gasteiger partial charge in [-0.3, -0.25) is 15.0 Å². The molecule has 2 aromatic carbocycles. The molecule has 0 atom stereocenters. The Morgan fingerprint density at radius 1 is 0.970 bits per heavy atom. The normalized spacial score (nSPS) is 12.7. The van der Waals surface area contributed by atoms with E-state index in [2.05, 4.69) is 10.4 Å². The second-order valence-corrected chi connectivity index (χ2v) is 7.82. The highest BCUT2D eigenvalue weighted by Crippen LogP contribution is 2.39. The predicted molar refractivity (Wildman–Crippen MR) is 122 cm³/mol. The topological polar surface area (TPSA) is 80.1 Å². The molecule has 0 saturated carbocycles. The largest absolute Gasteiger partial charge is 0.313 e. The summed E-state index contributed by atoms with van der Waals surface area (Å²) in [6.07, 6.45) is 1.57. The predicted octanol–water partition coefficient (Wildman–Crippen LogP) is 4.46. The van der Waals surface area contributed by atoms with Gasteiger partial charge in [-0.2, -0.15) is 5.10 Å². The van der Waals surface area contributed by atoms with E-state index in [1.54, 1.807) is 65.5 Å². The molecule has 9 heteroatoms. The van der Waals surface area contributed by atoms with E-state index in [4.69, 9.17) is 16.7 Å². The highest BCUT2D eigenvalue weighted by Gasteiger charge is 2.31. The fourth-order valence-electron chi connectivity index (χ4n) is 3.74. The summed E-state index contributed by atoms with van der Waals surface area (Å²) in [5.41, 5.74) is 6.04. The van der Waals surface area contributed by atoms with Crippen molar-refractivity contribution >= 4 is 29.1 Å². The molecule has 0 radical (unpaired) electrons. The number of nitrogens with zero attached hydrogens (tertiary/aromatic N) is 4. The maximum absolute atomic E-state index is 13.5. The first-order valence-electron chi connectivity index (χ1n) is 10.2. The van der Waals surface area contributed by atoms with Crippen LogP contribution in [0.1, 0.15) is 10.4 Å². The maximum atomic E-state index is 13.5. The van der Waals surface area contributed by atoms with E-state index in [0.29, 0.717) is 45.5 Å². The lowest BCUT2D eigenvalue weighted by Crippen LogP contribution is -2.46. The van der Waals surface area contributed by atoms with E-state index >= 15 is 0 Å². The average molecular weight is 462 g/mol. The average Bonchev–Trinajstić information content (AvgIpc) is 3.23. The number of carbonyl (C=O) groups is 2. The molecular formula is C24H17ClFN5O2. The summed E-state index contributed by atoms with van der Waals surface area (Å²) in [4.78, 5) is 29.7. The van der Waals surface area contributed by atoms with Gasteiger partial charge in [0.05, 0.1) is 18.7 Å². The number of pyridine rings is 1. The summed E-state index contributed by atoms with van der Waals surface area (Å²) < 4.78 is 15.2. The van der Waals surface area contributed by atoms with Gasteiger partial charge in [0.15, 0.2) is 5.82 Å². The Balaban J connectivity index is 1.56. The van der Waals surface area contributed by atoms with E-state index in [-0.39, 0.29) is 12.4 Å². The number of Topliss-reactive ketones (excluding diaryl/α,β-unsaturated/α-hetero) is 1. The van der Waals surface area contributed by atoms with Gasteiger partial charge in [0.2, 0.25) is 0 Å². The number of hydrogen-bond acceptors (Lipinski definition) is 5. The number of amides is 1. The molecule has 1 aliphatic rings. The Bertz CT molecular complexity index is 1360. The minimum Gasteiger partial charge on any atom is -0.283 e. The van der Waals surface area contributed by atoms with Gasteiger partial charge in [0.25, 0.3) is 5.78 Å². The van der Waals surface area contributed by atoms with Crippen LogP contribution in [0.2, 0.25) is 5.15 Å². The molecule has 2 aromatic heterocycles. The summed E-state index contributed by atoms with van der Waals surface area (Å²) in [6.45, 7) is 0.606. The van der Waals surface area contributed by atoms with E-state index in [1.807, 2.05) is 0 Å². The number of ketones is 1. The molecule has 0 saturated heterocycles. The lowest BCUT2D eigenvalue weighted by atomic mass is 10.0. The molecule has 33 heavy (non-hydrogen) atoms. The van der Waals surface area contributed by atoms with E-state index < -0.39 is 11.7 Å². The fourth-order valence-corrected chi connectivity index (χ4v) is 3.92. The first kappa shape index (κ1) is 20.8. The van der Waals surface area contributed by atoms with Gasteiger partial charge in [-0.1, -0.05) is 41.9 Å². The highest BCUT2D eigenvalue weighted by molar-refractivity contribution is 6.42. The lowest BCUT2D eigenvalue weighted by Gasteiger charge is -2.29. The van der Waals surface area contributed by atoms with Crippen LogP contribution >= 0.6 is 11.6 Å². The molecule has 1 N–H and O–H groups in total. The molecular weight excluding hydrogens is 445 g/mol. The van der Waals surface area contributed by atoms with Crippen LogP contribution in [-0.2, 0) is 11.3 Å². The van der Waals surface area contributed by atoms with Gasteiger partial charge in [0.1, 0.15) is 16.7 Å². The van der Waals surface area contributed by atoms with Crippen LogP contribution < -0.4 is 5.43 Å². The molecule has 1 aliphatic heterocycles. The van der Waals surface area contributed by atoms with Crippen LogP contribution in [0.3, 0.4) is 0 Å². The number of hydrogen-bond donors (Lipinski definition) is 1. The summed E-state index contributed by atoms with van der Waals surface area (Å²) in [6, 6.07) is 17.9. The number of halogens is 2. The van der Waals surface area contributed by atoms with Crippen LogP contribution in [0.15, 0.2) is 72.9 Å². The van der Waals surface area contributed by atoms with Crippen molar-refractivity contribution in [3.8, 4) is 22.4 Å². The summed E-state index contributed by atoms with van der Waals surface area (Å²) >= 11 is 6.14. The van der Waals surface area contributed by atoms with Gasteiger partial charge >= 0.3 is 5.91 Å². The number of benzene rings is 2. The van der Waals surface area contributed by atoms with E-state index in [9.17, 15) is 14.0 Å². The zero-order chi connectivity index (χ0) is 22.9. The zero-order valence-corrected chi connectivity index (χ0v) is 18.0. The van der Waals surface area contributed by atoms with Crippen molar-refractivity contribution in [2.24, 2.45) is 0 Å². The Morgan fingerprint density at radius 3 is 2.45 bits per heavy atom. The zero-order valence-electron chi connectivity index (χ0n) is 17.2. The van der Waals surface area contributed by atoms with Gasteiger partial charge in [-0.25, -0.2) is 19.1 Å². The Hall–Kier alpha value is -4.04. The number of rotatable bonds is 4. The number of carbonyl (C=O) groups excluding carboxylic acids is 2. The Kier molecular flexibility index (Phi) is 5.35. The van der Waals surface area contributed by atoms with Crippen molar-refractivity contribution in [3.05, 3.63) is 89.5 Å². The summed E-state index contributed by atoms with van der Waals surface area (Å²) in [5, 5.41) is 6.28. The maximum Gasteiger partial charge on any atom is 0.313 e. The minimum absolute atomic E-state index is 0.242. The number of aromatic nitrogens is 3. The fraction of sp³-hybridized carbons (Fsp3) is 0.0833. The molecule has 0 bridgehead atoms. The van der Waals surface area contributed by atoms with Crippen LogP contribution in [0, 0.1) is 5.82 Å². The molecule has 0 fully saturated rings. The third kappa shape index (κ3) is 3.96. The smallest absolute Gasteiger partial charge is 0.283 e. The number of nitrogens with one attached hydrogen (secondary N) is 1. The van der Waals surface area contributed by atoms with Gasteiger partial charge in [-0.05, 0) is 42.0 Å². The monoisotopic (exact) mass is 461 g/mol. The lowest BCUT2D eigenvalue weighted by molar-refractivity contribution is -0.125. The molecule has 0 unspecified atom stereocenters. The van der Waals surface area contributed by atoms with Crippen molar-refractivity contribution in [1.82, 2.24) is 19.8 Å². The molecule has 7 nitrogen and oxygen atoms in total. The van der Waals surface area contributed by atoms with Crippen molar-refractivity contribution in [1.29, 1.82) is 0 Å². The number of fused-ring (bicyclic) bond motifs is 1. The van der Waals surface area contributed by atoms with Crippen molar-refractivity contribution in [2.75, 3.05) is 12.0 Å². The molecule has 0 aliphatic carbocycles. The van der Waals surface area contributed by atoms with Crippen LogP contribution in [-0.4, -0.2) is 38.0 Å². The highest BCUT2D eigenvalue weighted by atomic mass is 35.5. The standard InChI is InChI=1S/C24H17ClFN5O2/c25-19-14-17(10-11-27-19)20-21(15-6-8-18(26)9-7-15)28-30-12-13-31(29-23(20)30)24(33)22(32)16-4-2-1-3-5-16/h1-11,14,29H,12-13H2.